The van der Waals surface area contributed by atoms with Crippen molar-refractivity contribution in [2.75, 3.05) is 18.9 Å². The highest BCUT2D eigenvalue weighted by atomic mass is 16.5. The van der Waals surface area contributed by atoms with Gasteiger partial charge in [0.1, 0.15) is 17.1 Å². The Morgan fingerprint density at radius 2 is 1.94 bits per heavy atom. The molecule has 3 aromatic rings. The molecule has 0 fully saturated rings. The van der Waals surface area contributed by atoms with Crippen LogP contribution in [0.25, 0.3) is 22.2 Å². The Bertz CT molecular complexity index is 1150. The molecule has 0 atom stereocenters. The summed E-state index contributed by atoms with van der Waals surface area (Å²) in [5.74, 6) is 0.419. The quantitative estimate of drug-likeness (QED) is 0.455. The van der Waals surface area contributed by atoms with Crippen molar-refractivity contribution >= 4 is 22.7 Å². The van der Waals surface area contributed by atoms with E-state index in [0.29, 0.717) is 43.1 Å². The molecule has 164 valence electrons. The number of aryl methyl sites for hydroxylation is 1. The number of hydrogen-bond acceptors (Lipinski definition) is 6. The number of nitrogens with two attached hydrogens (primary N) is 1. The predicted molar refractivity (Wildman–Crippen MR) is 122 cm³/mol. The van der Waals surface area contributed by atoms with Crippen LogP contribution in [0, 0.1) is 5.41 Å². The molecule has 1 aromatic carbocycles. The van der Waals surface area contributed by atoms with E-state index in [4.69, 9.17) is 15.2 Å². The predicted octanol–water partition coefficient (Wildman–Crippen LogP) is 4.02. The van der Waals surface area contributed by atoms with E-state index in [9.17, 15) is 9.59 Å². The maximum Gasteiger partial charge on any atom is 0.311 e. The van der Waals surface area contributed by atoms with Gasteiger partial charge in [-0.2, -0.15) is 0 Å². The van der Waals surface area contributed by atoms with Gasteiger partial charge in [0.2, 0.25) is 0 Å². The second-order valence-corrected chi connectivity index (χ2v) is 8.33. The van der Waals surface area contributed by atoms with Crippen LogP contribution in [0.5, 0.6) is 5.75 Å². The molecule has 3 rings (SSSR count). The van der Waals surface area contributed by atoms with Crippen molar-refractivity contribution in [3.8, 4) is 16.9 Å². The fraction of sp³-hybridized carbons (Fsp3) is 0.375. The van der Waals surface area contributed by atoms with E-state index in [2.05, 4.69) is 4.98 Å². The van der Waals surface area contributed by atoms with E-state index in [0.717, 1.165) is 10.9 Å². The van der Waals surface area contributed by atoms with Gasteiger partial charge in [-0.3, -0.25) is 14.2 Å². The number of nitrogen functional groups attached to an aromatic ring is 1. The number of anilines is 1. The molecule has 2 heterocycles. The number of carbonyl (C=O) groups excluding carboxylic acids is 1. The summed E-state index contributed by atoms with van der Waals surface area (Å²) in [6, 6.07) is 11.2. The summed E-state index contributed by atoms with van der Waals surface area (Å²) >= 11 is 0. The van der Waals surface area contributed by atoms with Crippen LogP contribution in [0.1, 0.15) is 34.1 Å². The highest BCUT2D eigenvalue weighted by Crippen LogP contribution is 2.33. The van der Waals surface area contributed by atoms with Gasteiger partial charge in [0.25, 0.3) is 5.56 Å². The van der Waals surface area contributed by atoms with Gasteiger partial charge < -0.3 is 15.2 Å². The first-order valence-electron chi connectivity index (χ1n) is 10.4. The van der Waals surface area contributed by atoms with Crippen LogP contribution in [0.2, 0.25) is 0 Å². The highest BCUT2D eigenvalue weighted by molar-refractivity contribution is 5.99. The summed E-state index contributed by atoms with van der Waals surface area (Å²) in [6.07, 6.45) is 2.24. The largest absolute Gasteiger partial charge is 0.493 e. The standard InChI is InChI=1S/C24H29N3O4/c1-5-27-21-18(11-7-12-26-21)19(20(25)22(27)28)16-9-6-10-17(15-16)30-13-8-14-31-23(29)24(2,3)4/h6-7,9-12,15H,5,8,13-14,25H2,1-4H3. The SMILES string of the molecule is CCn1c(=O)c(N)c(-c2cccc(OCCCOC(=O)C(C)(C)C)c2)c2cccnc21. The molecule has 7 heteroatoms. The summed E-state index contributed by atoms with van der Waals surface area (Å²) in [6.45, 7) is 8.54. The molecule has 0 aliphatic carbocycles. The number of rotatable bonds is 7. The van der Waals surface area contributed by atoms with Gasteiger partial charge >= 0.3 is 5.97 Å². The number of fused-ring (bicyclic) bond motifs is 1. The fourth-order valence-electron chi connectivity index (χ4n) is 3.28. The number of pyridine rings is 2. The van der Waals surface area contributed by atoms with E-state index >= 15 is 0 Å². The Hall–Kier alpha value is -3.35. The van der Waals surface area contributed by atoms with Gasteiger partial charge in [0.15, 0.2) is 0 Å². The summed E-state index contributed by atoms with van der Waals surface area (Å²) < 4.78 is 12.7. The maximum atomic E-state index is 12.8. The number of nitrogens with zero attached hydrogens (tertiary/aromatic N) is 2. The van der Waals surface area contributed by atoms with Crippen molar-refractivity contribution in [2.24, 2.45) is 5.41 Å². The van der Waals surface area contributed by atoms with Gasteiger partial charge in [-0.1, -0.05) is 12.1 Å². The van der Waals surface area contributed by atoms with Crippen molar-refractivity contribution < 1.29 is 14.3 Å². The number of hydrogen-bond donors (Lipinski definition) is 1. The Morgan fingerprint density at radius 3 is 2.65 bits per heavy atom. The molecule has 0 saturated carbocycles. The zero-order valence-corrected chi connectivity index (χ0v) is 18.5. The van der Waals surface area contributed by atoms with E-state index in [1.165, 1.54) is 0 Å². The zero-order valence-electron chi connectivity index (χ0n) is 18.5. The second kappa shape index (κ2) is 9.20. The van der Waals surface area contributed by atoms with E-state index in [1.807, 2.05) is 64.1 Å². The molecule has 7 nitrogen and oxygen atoms in total. The number of aromatic nitrogens is 2. The number of ether oxygens (including phenoxy) is 2. The zero-order chi connectivity index (χ0) is 22.6. The lowest BCUT2D eigenvalue weighted by Crippen LogP contribution is -2.24. The lowest BCUT2D eigenvalue weighted by molar-refractivity contribution is -0.153. The van der Waals surface area contributed by atoms with Crippen molar-refractivity contribution in [1.29, 1.82) is 0 Å². The highest BCUT2D eigenvalue weighted by Gasteiger charge is 2.22. The van der Waals surface area contributed by atoms with Gasteiger partial charge in [-0.15, -0.1) is 0 Å². The monoisotopic (exact) mass is 423 g/mol. The Balaban J connectivity index is 1.80. The molecule has 0 aliphatic heterocycles. The second-order valence-electron chi connectivity index (χ2n) is 8.33. The van der Waals surface area contributed by atoms with Gasteiger partial charge in [0, 0.05) is 30.1 Å². The van der Waals surface area contributed by atoms with Crippen molar-refractivity contribution in [3.05, 3.63) is 52.9 Å². The van der Waals surface area contributed by atoms with Crippen LogP contribution >= 0.6 is 0 Å². The topological polar surface area (TPSA) is 96.4 Å². The normalized spacial score (nSPS) is 11.5. The van der Waals surface area contributed by atoms with Crippen LogP contribution < -0.4 is 16.0 Å². The van der Waals surface area contributed by atoms with Crippen LogP contribution in [0.15, 0.2) is 47.4 Å². The molecule has 0 amide bonds. The first-order chi connectivity index (χ1) is 14.7. The summed E-state index contributed by atoms with van der Waals surface area (Å²) in [4.78, 5) is 29.0. The minimum absolute atomic E-state index is 0.189. The van der Waals surface area contributed by atoms with E-state index in [-0.39, 0.29) is 17.2 Å². The molecule has 0 radical (unpaired) electrons. The molecule has 0 spiro atoms. The fourth-order valence-corrected chi connectivity index (χ4v) is 3.28. The third-order valence-corrected chi connectivity index (χ3v) is 4.90. The molecule has 2 N–H and O–H groups in total. The minimum Gasteiger partial charge on any atom is -0.493 e. The number of carbonyl (C=O) groups is 1. The van der Waals surface area contributed by atoms with Crippen LogP contribution in [-0.2, 0) is 16.1 Å². The lowest BCUT2D eigenvalue weighted by atomic mass is 9.97. The first kappa shape index (κ1) is 22.3. The van der Waals surface area contributed by atoms with Gasteiger partial charge in [-0.25, -0.2) is 4.98 Å². The lowest BCUT2D eigenvalue weighted by Gasteiger charge is -2.16. The Kier molecular flexibility index (Phi) is 6.63. The Labute approximate surface area is 181 Å². The smallest absolute Gasteiger partial charge is 0.311 e. The van der Waals surface area contributed by atoms with Crippen molar-refractivity contribution in [2.45, 2.75) is 40.7 Å². The van der Waals surface area contributed by atoms with Crippen molar-refractivity contribution in [3.63, 3.8) is 0 Å². The first-order valence-corrected chi connectivity index (χ1v) is 10.4. The van der Waals surface area contributed by atoms with Crippen LogP contribution in [0.3, 0.4) is 0 Å². The van der Waals surface area contributed by atoms with E-state index < -0.39 is 5.41 Å². The van der Waals surface area contributed by atoms with Gasteiger partial charge in [-0.05, 0) is 57.5 Å². The third kappa shape index (κ3) is 4.87. The van der Waals surface area contributed by atoms with Crippen molar-refractivity contribution in [1.82, 2.24) is 9.55 Å². The number of esters is 1. The van der Waals surface area contributed by atoms with Crippen LogP contribution in [0.4, 0.5) is 5.69 Å². The molecule has 0 saturated heterocycles. The van der Waals surface area contributed by atoms with E-state index in [1.54, 1.807) is 10.8 Å². The molecule has 0 aliphatic rings. The molecule has 0 unspecified atom stereocenters. The molecule has 2 aromatic heterocycles. The van der Waals surface area contributed by atoms with Gasteiger partial charge in [0.05, 0.1) is 18.6 Å². The third-order valence-electron chi connectivity index (χ3n) is 4.90. The summed E-state index contributed by atoms with van der Waals surface area (Å²) in [5, 5.41) is 0.813. The van der Waals surface area contributed by atoms with Crippen LogP contribution in [-0.4, -0.2) is 28.7 Å². The maximum absolute atomic E-state index is 12.8. The minimum atomic E-state index is -0.515. The summed E-state index contributed by atoms with van der Waals surface area (Å²) in [5.41, 5.74) is 7.72. The average Bonchev–Trinajstić information content (AvgIpc) is 2.74. The molecule has 31 heavy (non-hydrogen) atoms. The molecular weight excluding hydrogens is 394 g/mol. The molecule has 0 bridgehead atoms. The molecular formula is C24H29N3O4. The summed E-state index contributed by atoms with van der Waals surface area (Å²) in [7, 11) is 0. The number of benzene rings is 1. The average molecular weight is 424 g/mol. The Morgan fingerprint density at radius 1 is 1.16 bits per heavy atom.